The summed E-state index contributed by atoms with van der Waals surface area (Å²) in [5, 5.41) is 9.10. The number of halogens is 1. The van der Waals surface area contributed by atoms with E-state index in [2.05, 4.69) is 10.3 Å². The van der Waals surface area contributed by atoms with Crippen molar-refractivity contribution in [3.8, 4) is 28.8 Å². The molecular formula is C25H21ClN4O3. The number of ether oxygens (including phenoxy) is 2. The molecule has 0 aliphatic carbocycles. The Labute approximate surface area is 195 Å². The molecule has 166 valence electrons. The summed E-state index contributed by atoms with van der Waals surface area (Å²) in [5.41, 5.74) is 3.26. The van der Waals surface area contributed by atoms with Gasteiger partial charge < -0.3 is 13.9 Å². The Morgan fingerprint density at radius 2 is 1.70 bits per heavy atom. The van der Waals surface area contributed by atoms with Gasteiger partial charge in [0.25, 0.3) is 0 Å². The van der Waals surface area contributed by atoms with Crippen LogP contribution in [0.5, 0.6) is 11.5 Å². The second kappa shape index (κ2) is 9.34. The fourth-order valence-corrected chi connectivity index (χ4v) is 3.72. The monoisotopic (exact) mass is 460 g/mol. The summed E-state index contributed by atoms with van der Waals surface area (Å²) in [6.45, 7) is 0.503. The van der Waals surface area contributed by atoms with Crippen LogP contribution in [0.15, 0.2) is 77.2 Å². The van der Waals surface area contributed by atoms with Crippen LogP contribution >= 0.6 is 11.6 Å². The average molecular weight is 461 g/mol. The van der Waals surface area contributed by atoms with Gasteiger partial charge in [0.1, 0.15) is 17.0 Å². The highest BCUT2D eigenvalue weighted by atomic mass is 35.5. The molecule has 0 aliphatic heterocycles. The number of rotatable bonds is 8. The molecule has 2 heterocycles. The van der Waals surface area contributed by atoms with E-state index in [1.807, 2.05) is 72.8 Å². The standard InChI is InChI=1S/C25H21ClN4O3/c1-31-21-9-4-5-10-22(21)32-16-6-11-23-24(17-12-14-18(26)15-13-17)27-25(33-23)30-20-8-3-2-7-19(20)28-29-30/h2-5,7-10,12-15H,6,11,16H2,1H3. The fraction of sp³-hybridized carbons (Fsp3) is 0.160. The van der Waals surface area contributed by atoms with Gasteiger partial charge in [-0.2, -0.15) is 9.67 Å². The Kier molecular flexibility index (Phi) is 5.95. The second-order valence-electron chi connectivity index (χ2n) is 7.37. The molecule has 0 aliphatic rings. The van der Waals surface area contributed by atoms with Crippen LogP contribution in [-0.4, -0.2) is 33.7 Å². The van der Waals surface area contributed by atoms with E-state index < -0.39 is 0 Å². The highest BCUT2D eigenvalue weighted by Gasteiger charge is 2.19. The molecule has 0 amide bonds. The van der Waals surface area contributed by atoms with Crippen molar-refractivity contribution in [1.29, 1.82) is 0 Å². The number of hydrogen-bond donors (Lipinski definition) is 0. The predicted octanol–water partition coefficient (Wildman–Crippen LogP) is 5.75. The molecule has 5 aromatic rings. The minimum Gasteiger partial charge on any atom is -0.493 e. The zero-order valence-electron chi connectivity index (χ0n) is 17.9. The summed E-state index contributed by atoms with van der Waals surface area (Å²) >= 11 is 6.08. The minimum absolute atomic E-state index is 0.370. The van der Waals surface area contributed by atoms with Crippen LogP contribution in [0.4, 0.5) is 0 Å². The lowest BCUT2D eigenvalue weighted by Gasteiger charge is -2.09. The van der Waals surface area contributed by atoms with Crippen LogP contribution in [0.25, 0.3) is 28.3 Å². The number of oxazole rings is 1. The van der Waals surface area contributed by atoms with Crippen molar-refractivity contribution in [3.05, 3.63) is 83.6 Å². The lowest BCUT2D eigenvalue weighted by Crippen LogP contribution is -2.01. The van der Waals surface area contributed by atoms with Gasteiger partial charge in [-0.15, -0.1) is 5.10 Å². The molecule has 5 rings (SSSR count). The van der Waals surface area contributed by atoms with Crippen LogP contribution < -0.4 is 9.47 Å². The quantitative estimate of drug-likeness (QED) is 0.274. The molecule has 8 heteroatoms. The van der Waals surface area contributed by atoms with Crippen LogP contribution in [0.1, 0.15) is 12.2 Å². The molecule has 0 radical (unpaired) electrons. The molecule has 3 aromatic carbocycles. The molecule has 0 atom stereocenters. The predicted molar refractivity (Wildman–Crippen MR) is 126 cm³/mol. The van der Waals surface area contributed by atoms with E-state index in [1.165, 1.54) is 0 Å². The summed E-state index contributed by atoms with van der Waals surface area (Å²) in [7, 11) is 1.63. The maximum absolute atomic E-state index is 6.19. The Bertz CT molecular complexity index is 1380. The van der Waals surface area contributed by atoms with E-state index in [-0.39, 0.29) is 0 Å². The van der Waals surface area contributed by atoms with Gasteiger partial charge in [-0.3, -0.25) is 0 Å². The van der Waals surface area contributed by atoms with E-state index in [4.69, 9.17) is 30.5 Å². The van der Waals surface area contributed by atoms with Crippen molar-refractivity contribution >= 4 is 22.6 Å². The van der Waals surface area contributed by atoms with Crippen LogP contribution in [0.2, 0.25) is 5.02 Å². The molecule has 0 saturated carbocycles. The van der Waals surface area contributed by atoms with Crippen LogP contribution in [0.3, 0.4) is 0 Å². The third kappa shape index (κ3) is 4.40. The molecule has 2 aromatic heterocycles. The Morgan fingerprint density at radius 1 is 0.939 bits per heavy atom. The molecule has 7 nitrogen and oxygen atoms in total. The first-order valence-electron chi connectivity index (χ1n) is 10.6. The number of methoxy groups -OCH3 is 1. The second-order valence-corrected chi connectivity index (χ2v) is 7.80. The normalized spacial score (nSPS) is 11.1. The molecule has 0 saturated heterocycles. The summed E-state index contributed by atoms with van der Waals surface area (Å²) in [6, 6.07) is 23.2. The summed E-state index contributed by atoms with van der Waals surface area (Å²) in [6.07, 6.45) is 1.36. The number of aromatic nitrogens is 4. The first-order chi connectivity index (χ1) is 16.2. The molecule has 33 heavy (non-hydrogen) atoms. The maximum atomic E-state index is 6.19. The minimum atomic E-state index is 0.370. The van der Waals surface area contributed by atoms with Gasteiger partial charge in [0.15, 0.2) is 11.5 Å². The van der Waals surface area contributed by atoms with Crippen LogP contribution in [-0.2, 0) is 6.42 Å². The molecule has 0 unspecified atom stereocenters. The highest BCUT2D eigenvalue weighted by Crippen LogP contribution is 2.30. The van der Waals surface area contributed by atoms with Gasteiger partial charge in [-0.25, -0.2) is 0 Å². The van der Waals surface area contributed by atoms with Crippen LogP contribution in [0, 0.1) is 0 Å². The topological polar surface area (TPSA) is 75.2 Å². The fourth-order valence-electron chi connectivity index (χ4n) is 3.60. The van der Waals surface area contributed by atoms with Gasteiger partial charge >= 0.3 is 6.01 Å². The molecule has 0 N–H and O–H groups in total. The average Bonchev–Trinajstić information content (AvgIpc) is 3.47. The van der Waals surface area contributed by atoms with Crippen molar-refractivity contribution in [1.82, 2.24) is 20.0 Å². The zero-order chi connectivity index (χ0) is 22.6. The molecule has 0 fully saturated rings. The van der Waals surface area contributed by atoms with Crippen molar-refractivity contribution in [2.24, 2.45) is 0 Å². The van der Waals surface area contributed by atoms with Gasteiger partial charge in [-0.05, 0) is 42.8 Å². The number of fused-ring (bicyclic) bond motifs is 1. The van der Waals surface area contributed by atoms with E-state index >= 15 is 0 Å². The Hall–Kier alpha value is -3.84. The molecular weight excluding hydrogens is 440 g/mol. The largest absolute Gasteiger partial charge is 0.493 e. The van der Waals surface area contributed by atoms with E-state index in [0.717, 1.165) is 34.5 Å². The number of benzene rings is 3. The van der Waals surface area contributed by atoms with E-state index in [9.17, 15) is 0 Å². The van der Waals surface area contributed by atoms with Gasteiger partial charge in [0.05, 0.1) is 19.2 Å². The first-order valence-corrected chi connectivity index (χ1v) is 10.9. The first kappa shape index (κ1) is 21.0. The Morgan fingerprint density at radius 3 is 2.52 bits per heavy atom. The lowest BCUT2D eigenvalue weighted by molar-refractivity contribution is 0.286. The van der Waals surface area contributed by atoms with Crippen molar-refractivity contribution in [2.45, 2.75) is 12.8 Å². The van der Waals surface area contributed by atoms with E-state index in [1.54, 1.807) is 11.8 Å². The van der Waals surface area contributed by atoms with Crippen molar-refractivity contribution in [2.75, 3.05) is 13.7 Å². The lowest BCUT2D eigenvalue weighted by atomic mass is 10.1. The van der Waals surface area contributed by atoms with E-state index in [0.29, 0.717) is 35.6 Å². The van der Waals surface area contributed by atoms with Gasteiger partial charge in [0.2, 0.25) is 0 Å². The zero-order valence-corrected chi connectivity index (χ0v) is 18.7. The summed E-state index contributed by atoms with van der Waals surface area (Å²) < 4.78 is 19.1. The summed E-state index contributed by atoms with van der Waals surface area (Å²) in [4.78, 5) is 4.76. The number of para-hydroxylation sites is 3. The van der Waals surface area contributed by atoms with Gasteiger partial charge in [0, 0.05) is 17.0 Å². The number of aryl methyl sites for hydroxylation is 1. The van der Waals surface area contributed by atoms with Crippen molar-refractivity contribution in [3.63, 3.8) is 0 Å². The molecule has 0 bridgehead atoms. The SMILES string of the molecule is COc1ccccc1OCCCc1oc(-n2nnc3ccccc32)nc1-c1ccc(Cl)cc1. The Balaban J connectivity index is 1.41. The smallest absolute Gasteiger partial charge is 0.325 e. The summed E-state index contributed by atoms with van der Waals surface area (Å²) in [5.74, 6) is 2.17. The molecule has 0 spiro atoms. The highest BCUT2D eigenvalue weighted by molar-refractivity contribution is 6.30. The number of nitrogens with zero attached hydrogens (tertiary/aromatic N) is 4. The number of hydrogen-bond acceptors (Lipinski definition) is 6. The third-order valence-electron chi connectivity index (χ3n) is 5.21. The van der Waals surface area contributed by atoms with Gasteiger partial charge in [-0.1, -0.05) is 53.2 Å². The van der Waals surface area contributed by atoms with Crippen molar-refractivity contribution < 1.29 is 13.9 Å². The third-order valence-corrected chi connectivity index (χ3v) is 5.46. The maximum Gasteiger partial charge on any atom is 0.325 e.